The highest BCUT2D eigenvalue weighted by Gasteiger charge is 2.56. The monoisotopic (exact) mass is 307 g/mol. The molecule has 3 rings (SSSR count). The van der Waals surface area contributed by atoms with Crippen LogP contribution in [0.1, 0.15) is 49.4 Å². The number of rotatable bonds is 4. The molecule has 5 heteroatoms. The topological polar surface area (TPSA) is 62.9 Å². The van der Waals surface area contributed by atoms with E-state index in [9.17, 15) is 9.90 Å². The average molecular weight is 307 g/mol. The molecule has 122 valence electrons. The minimum absolute atomic E-state index is 0.0451. The van der Waals surface area contributed by atoms with Crippen molar-refractivity contribution in [2.45, 2.75) is 51.7 Å². The van der Waals surface area contributed by atoms with Gasteiger partial charge in [-0.15, -0.1) is 0 Å². The predicted octanol–water partition coefficient (Wildman–Crippen LogP) is 2.23. The number of hydrogen-bond acceptors (Lipinski definition) is 4. The van der Waals surface area contributed by atoms with Crippen LogP contribution in [0.2, 0.25) is 0 Å². The van der Waals surface area contributed by atoms with Gasteiger partial charge in [0.05, 0.1) is 12.2 Å². The molecule has 1 aliphatic carbocycles. The van der Waals surface area contributed by atoms with Crippen molar-refractivity contribution in [1.29, 1.82) is 0 Å². The second-order valence-corrected chi connectivity index (χ2v) is 6.34. The summed E-state index contributed by atoms with van der Waals surface area (Å²) in [6.45, 7) is 5.97. The first-order chi connectivity index (χ1) is 10.6. The Morgan fingerprint density at radius 2 is 2.14 bits per heavy atom. The molecule has 0 aromatic carbocycles. The van der Waals surface area contributed by atoms with Crippen LogP contribution < -0.4 is 0 Å². The van der Waals surface area contributed by atoms with Crippen molar-refractivity contribution in [2.24, 2.45) is 5.41 Å². The minimum atomic E-state index is -0.295. The van der Waals surface area contributed by atoms with Gasteiger partial charge in [0.25, 0.3) is 5.91 Å². The zero-order valence-corrected chi connectivity index (χ0v) is 13.4. The van der Waals surface area contributed by atoms with Crippen LogP contribution in [0, 0.1) is 5.41 Å². The molecule has 1 aromatic rings. The number of carbonyl (C=O) groups excluding carboxylic acids is 1. The lowest BCUT2D eigenvalue weighted by atomic mass is 9.58. The minimum Gasteiger partial charge on any atom is -0.456 e. The van der Waals surface area contributed by atoms with Crippen LogP contribution in [0.4, 0.5) is 0 Å². The molecule has 1 spiro atoms. The van der Waals surface area contributed by atoms with Gasteiger partial charge in [0, 0.05) is 38.0 Å². The number of piperidine rings is 1. The third-order valence-electron chi connectivity index (χ3n) is 5.31. The van der Waals surface area contributed by atoms with E-state index < -0.39 is 0 Å². The van der Waals surface area contributed by atoms with E-state index in [0.29, 0.717) is 25.5 Å². The Kier molecular flexibility index (Phi) is 4.28. The van der Waals surface area contributed by atoms with Gasteiger partial charge in [-0.25, -0.2) is 0 Å². The van der Waals surface area contributed by atoms with Gasteiger partial charge >= 0.3 is 0 Å². The molecular formula is C17H25NO4. The molecule has 22 heavy (non-hydrogen) atoms. The summed E-state index contributed by atoms with van der Waals surface area (Å²) in [6.07, 6.45) is 2.95. The van der Waals surface area contributed by atoms with E-state index in [4.69, 9.17) is 9.15 Å². The number of hydrogen-bond donors (Lipinski definition) is 1. The smallest absolute Gasteiger partial charge is 0.289 e. The van der Waals surface area contributed by atoms with Gasteiger partial charge in [-0.2, -0.15) is 0 Å². The number of aliphatic hydroxyl groups is 1. The number of aliphatic hydroxyl groups excluding tert-OH is 1. The Morgan fingerprint density at radius 3 is 2.68 bits per heavy atom. The number of likely N-dealkylation sites (tertiary alicyclic amines) is 1. The van der Waals surface area contributed by atoms with Crippen LogP contribution in [0.5, 0.6) is 0 Å². The molecule has 2 unspecified atom stereocenters. The van der Waals surface area contributed by atoms with Gasteiger partial charge in [0.2, 0.25) is 0 Å². The number of aryl methyl sites for hydroxylation is 1. The lowest BCUT2D eigenvalue weighted by Gasteiger charge is -2.56. The van der Waals surface area contributed by atoms with Gasteiger partial charge < -0.3 is 19.2 Å². The Balaban J connectivity index is 1.62. The molecule has 1 amide bonds. The molecule has 0 radical (unpaired) electrons. The molecular weight excluding hydrogens is 282 g/mol. The standard InChI is InChI=1S/C17H25NO4/c1-3-12-5-6-13(22-12)16(20)18-9-7-17(8-10-18)14(19)11-15(17)21-4-2/h5-6,14-15,19H,3-4,7-11H2,1-2H3. The lowest BCUT2D eigenvalue weighted by Crippen LogP contribution is -2.62. The average Bonchev–Trinajstić information content (AvgIpc) is 3.03. The van der Waals surface area contributed by atoms with Gasteiger partial charge in [0.15, 0.2) is 5.76 Å². The number of carbonyl (C=O) groups is 1. The lowest BCUT2D eigenvalue weighted by molar-refractivity contribution is -0.207. The maximum Gasteiger partial charge on any atom is 0.289 e. The highest BCUT2D eigenvalue weighted by atomic mass is 16.5. The fraction of sp³-hybridized carbons (Fsp3) is 0.706. The van der Waals surface area contributed by atoms with E-state index >= 15 is 0 Å². The van der Waals surface area contributed by atoms with E-state index in [2.05, 4.69) is 0 Å². The van der Waals surface area contributed by atoms with Crippen molar-refractivity contribution in [1.82, 2.24) is 4.90 Å². The predicted molar refractivity (Wildman–Crippen MR) is 81.7 cm³/mol. The summed E-state index contributed by atoms with van der Waals surface area (Å²) < 4.78 is 11.3. The molecule has 0 bridgehead atoms. The van der Waals surface area contributed by atoms with E-state index in [0.717, 1.165) is 31.4 Å². The zero-order chi connectivity index (χ0) is 15.7. The summed E-state index contributed by atoms with van der Waals surface area (Å²) in [4.78, 5) is 14.3. The van der Waals surface area contributed by atoms with Crippen LogP contribution >= 0.6 is 0 Å². The third-order valence-corrected chi connectivity index (χ3v) is 5.31. The van der Waals surface area contributed by atoms with Crippen LogP contribution in [-0.2, 0) is 11.2 Å². The number of amides is 1. The largest absolute Gasteiger partial charge is 0.456 e. The Hall–Kier alpha value is -1.33. The van der Waals surface area contributed by atoms with Crippen molar-refractivity contribution >= 4 is 5.91 Å². The molecule has 1 saturated carbocycles. The number of furan rings is 1. The van der Waals surface area contributed by atoms with Gasteiger partial charge in [-0.1, -0.05) is 6.92 Å². The number of ether oxygens (including phenoxy) is 1. The molecule has 2 aliphatic rings. The fourth-order valence-electron chi connectivity index (χ4n) is 3.78. The van der Waals surface area contributed by atoms with Gasteiger partial charge in [-0.05, 0) is 31.9 Å². The maximum atomic E-state index is 12.5. The third kappa shape index (κ3) is 2.46. The van der Waals surface area contributed by atoms with E-state index in [-0.39, 0.29) is 23.5 Å². The van der Waals surface area contributed by atoms with Crippen molar-refractivity contribution in [3.63, 3.8) is 0 Å². The summed E-state index contributed by atoms with van der Waals surface area (Å²) in [5.74, 6) is 1.21. The normalized spacial score (nSPS) is 27.0. The summed E-state index contributed by atoms with van der Waals surface area (Å²) in [5.41, 5.74) is -0.148. The Bertz CT molecular complexity index is 529. The van der Waals surface area contributed by atoms with E-state index in [1.54, 1.807) is 6.07 Å². The van der Waals surface area contributed by atoms with Crippen LogP contribution in [0.25, 0.3) is 0 Å². The van der Waals surface area contributed by atoms with Crippen LogP contribution in [-0.4, -0.2) is 47.8 Å². The summed E-state index contributed by atoms with van der Waals surface area (Å²) in [6, 6.07) is 3.62. The molecule has 1 aliphatic heterocycles. The molecule has 1 aromatic heterocycles. The first-order valence-electron chi connectivity index (χ1n) is 8.28. The van der Waals surface area contributed by atoms with Crippen LogP contribution in [0.3, 0.4) is 0 Å². The molecule has 5 nitrogen and oxygen atoms in total. The second-order valence-electron chi connectivity index (χ2n) is 6.34. The second kappa shape index (κ2) is 6.05. The molecule has 2 fully saturated rings. The molecule has 2 heterocycles. The first kappa shape index (κ1) is 15.6. The Labute approximate surface area is 131 Å². The molecule has 1 N–H and O–H groups in total. The first-order valence-corrected chi connectivity index (χ1v) is 8.28. The summed E-state index contributed by atoms with van der Waals surface area (Å²) in [5, 5.41) is 10.2. The quantitative estimate of drug-likeness (QED) is 0.926. The van der Waals surface area contributed by atoms with Gasteiger partial charge in [-0.3, -0.25) is 4.79 Å². The molecule has 2 atom stereocenters. The summed E-state index contributed by atoms with van der Waals surface area (Å²) >= 11 is 0. The SMILES string of the molecule is CCOC1CC(O)C12CCN(C(=O)c1ccc(CC)o1)CC2. The Morgan fingerprint density at radius 1 is 1.41 bits per heavy atom. The van der Waals surface area contributed by atoms with Crippen LogP contribution in [0.15, 0.2) is 16.5 Å². The van der Waals surface area contributed by atoms with Crippen molar-refractivity contribution in [3.8, 4) is 0 Å². The van der Waals surface area contributed by atoms with E-state index in [1.165, 1.54) is 0 Å². The van der Waals surface area contributed by atoms with Crippen molar-refractivity contribution in [3.05, 3.63) is 23.7 Å². The van der Waals surface area contributed by atoms with Crippen molar-refractivity contribution in [2.75, 3.05) is 19.7 Å². The zero-order valence-electron chi connectivity index (χ0n) is 13.4. The highest BCUT2D eigenvalue weighted by molar-refractivity contribution is 5.91. The number of nitrogens with zero attached hydrogens (tertiary/aromatic N) is 1. The fourth-order valence-corrected chi connectivity index (χ4v) is 3.78. The maximum absolute atomic E-state index is 12.5. The van der Waals surface area contributed by atoms with E-state index in [1.807, 2.05) is 24.8 Å². The highest BCUT2D eigenvalue weighted by Crippen LogP contribution is 2.51. The molecule has 1 saturated heterocycles. The van der Waals surface area contributed by atoms with Crippen molar-refractivity contribution < 1.29 is 19.1 Å². The summed E-state index contributed by atoms with van der Waals surface area (Å²) in [7, 11) is 0. The van der Waals surface area contributed by atoms with Gasteiger partial charge in [0.1, 0.15) is 5.76 Å².